The average Bonchev–Trinajstić information content (AvgIpc) is 2.32. The van der Waals surface area contributed by atoms with E-state index in [4.69, 9.17) is 0 Å². The number of aryl methyl sites for hydroxylation is 3. The molecule has 0 aliphatic carbocycles. The third-order valence-corrected chi connectivity index (χ3v) is 3.60. The van der Waals surface area contributed by atoms with E-state index in [1.54, 1.807) is 25.5 Å². The van der Waals surface area contributed by atoms with E-state index < -0.39 is 5.41 Å². The molecule has 0 saturated carbocycles. The molecule has 0 fully saturated rings. The highest BCUT2D eigenvalue weighted by atomic mass is 16.1. The van der Waals surface area contributed by atoms with Gasteiger partial charge in [-0.3, -0.25) is 4.79 Å². The smallest absolute Gasteiger partial charge is 0.255 e. The Balaban J connectivity index is 2.98. The Hall–Kier alpha value is -2.08. The van der Waals surface area contributed by atoms with Gasteiger partial charge in [-0.15, -0.1) is 0 Å². The van der Waals surface area contributed by atoms with E-state index >= 15 is 0 Å². The molecule has 1 heterocycles. The molecular weight excluding hydrogens is 236 g/mol. The number of hydrogen-bond donors (Lipinski definition) is 0. The molecule has 0 radical (unpaired) electrons. The zero-order valence-corrected chi connectivity index (χ0v) is 12.0. The first-order valence-electron chi connectivity index (χ1n) is 6.30. The van der Waals surface area contributed by atoms with Gasteiger partial charge in [-0.05, 0) is 50.8 Å². The summed E-state index contributed by atoms with van der Waals surface area (Å²) < 4.78 is 1.65. The summed E-state index contributed by atoms with van der Waals surface area (Å²) in [6.45, 7) is 7.59. The minimum atomic E-state index is -0.777. The second-order valence-electron chi connectivity index (χ2n) is 5.68. The van der Waals surface area contributed by atoms with Crippen LogP contribution in [0.1, 0.15) is 30.5 Å². The summed E-state index contributed by atoms with van der Waals surface area (Å²) in [7, 11) is 1.77. The van der Waals surface area contributed by atoms with Crippen LogP contribution in [-0.2, 0) is 12.5 Å². The number of pyridine rings is 1. The van der Waals surface area contributed by atoms with E-state index in [2.05, 4.69) is 18.2 Å². The minimum absolute atomic E-state index is 0.0917. The Morgan fingerprint density at radius 3 is 2.42 bits per heavy atom. The van der Waals surface area contributed by atoms with Crippen molar-refractivity contribution in [2.24, 2.45) is 7.05 Å². The molecule has 0 bridgehead atoms. The van der Waals surface area contributed by atoms with Crippen LogP contribution in [0.5, 0.6) is 0 Å². The Kier molecular flexibility index (Phi) is 2.98. The molecule has 0 saturated heterocycles. The minimum Gasteiger partial charge on any atom is -0.311 e. The molecule has 0 aliphatic rings. The SMILES string of the molecule is Cc1cc(C)c2c(c1)cc(C(C)(C)C#N)c(=O)n2C. The van der Waals surface area contributed by atoms with Gasteiger partial charge in [0.05, 0.1) is 17.0 Å². The monoisotopic (exact) mass is 254 g/mol. The van der Waals surface area contributed by atoms with E-state index in [9.17, 15) is 10.1 Å². The normalized spacial score (nSPS) is 11.6. The van der Waals surface area contributed by atoms with Gasteiger partial charge in [0.1, 0.15) is 0 Å². The van der Waals surface area contributed by atoms with Gasteiger partial charge in [-0.2, -0.15) is 5.26 Å². The van der Waals surface area contributed by atoms with E-state index in [0.717, 1.165) is 22.0 Å². The van der Waals surface area contributed by atoms with Crippen molar-refractivity contribution in [2.75, 3.05) is 0 Å². The summed E-state index contributed by atoms with van der Waals surface area (Å²) in [6.07, 6.45) is 0. The molecule has 2 aromatic rings. The molecule has 3 nitrogen and oxygen atoms in total. The average molecular weight is 254 g/mol. The summed E-state index contributed by atoms with van der Waals surface area (Å²) in [5.74, 6) is 0. The summed E-state index contributed by atoms with van der Waals surface area (Å²) in [6, 6.07) is 8.19. The van der Waals surface area contributed by atoms with Gasteiger partial charge in [0.25, 0.3) is 5.56 Å². The summed E-state index contributed by atoms with van der Waals surface area (Å²) in [5.41, 5.74) is 2.86. The van der Waals surface area contributed by atoms with Crippen LogP contribution in [0.3, 0.4) is 0 Å². The van der Waals surface area contributed by atoms with Crippen LogP contribution in [-0.4, -0.2) is 4.57 Å². The molecule has 3 heteroatoms. The fourth-order valence-electron chi connectivity index (χ4n) is 2.57. The predicted molar refractivity (Wildman–Crippen MR) is 77.3 cm³/mol. The molecule has 19 heavy (non-hydrogen) atoms. The molecule has 0 atom stereocenters. The van der Waals surface area contributed by atoms with E-state index in [1.807, 2.05) is 19.9 Å². The number of aromatic nitrogens is 1. The standard InChI is InChI=1S/C16H18N2O/c1-10-6-11(2)14-12(7-10)8-13(15(19)18(14)5)16(3,4)9-17/h6-8H,1-5H3. The topological polar surface area (TPSA) is 45.8 Å². The molecule has 0 amide bonds. The molecule has 98 valence electrons. The maximum Gasteiger partial charge on any atom is 0.255 e. The zero-order valence-electron chi connectivity index (χ0n) is 12.0. The van der Waals surface area contributed by atoms with Gasteiger partial charge in [-0.25, -0.2) is 0 Å². The number of fused-ring (bicyclic) bond motifs is 1. The van der Waals surface area contributed by atoms with Gasteiger partial charge < -0.3 is 4.57 Å². The first kappa shape index (κ1) is 13.4. The van der Waals surface area contributed by atoms with Crippen LogP contribution in [0.15, 0.2) is 23.0 Å². The Morgan fingerprint density at radius 2 is 1.84 bits per heavy atom. The molecule has 1 aromatic carbocycles. The van der Waals surface area contributed by atoms with Gasteiger partial charge in [-0.1, -0.05) is 11.6 Å². The molecular formula is C16H18N2O. The van der Waals surface area contributed by atoms with E-state index in [-0.39, 0.29) is 5.56 Å². The lowest BCUT2D eigenvalue weighted by Gasteiger charge is -2.18. The van der Waals surface area contributed by atoms with Crippen molar-refractivity contribution in [2.45, 2.75) is 33.1 Å². The lowest BCUT2D eigenvalue weighted by atomic mass is 9.86. The van der Waals surface area contributed by atoms with Crippen LogP contribution in [0, 0.1) is 25.2 Å². The molecule has 0 spiro atoms. The number of nitriles is 1. The lowest BCUT2D eigenvalue weighted by molar-refractivity contribution is 0.664. The quantitative estimate of drug-likeness (QED) is 0.785. The molecule has 0 N–H and O–H groups in total. The zero-order chi connectivity index (χ0) is 14.4. The number of hydrogen-bond acceptors (Lipinski definition) is 2. The maximum absolute atomic E-state index is 12.4. The number of nitrogens with zero attached hydrogens (tertiary/aromatic N) is 2. The summed E-state index contributed by atoms with van der Waals surface area (Å²) in [4.78, 5) is 12.4. The van der Waals surface area contributed by atoms with Crippen molar-refractivity contribution >= 4 is 10.9 Å². The highest BCUT2D eigenvalue weighted by molar-refractivity contribution is 5.83. The first-order valence-corrected chi connectivity index (χ1v) is 6.30. The fourth-order valence-corrected chi connectivity index (χ4v) is 2.57. The van der Waals surface area contributed by atoms with Crippen molar-refractivity contribution in [1.82, 2.24) is 4.57 Å². The van der Waals surface area contributed by atoms with Gasteiger partial charge >= 0.3 is 0 Å². The highest BCUT2D eigenvalue weighted by Crippen LogP contribution is 2.25. The third kappa shape index (κ3) is 2.04. The highest BCUT2D eigenvalue weighted by Gasteiger charge is 2.25. The Morgan fingerprint density at radius 1 is 1.21 bits per heavy atom. The molecule has 1 aromatic heterocycles. The van der Waals surface area contributed by atoms with Gasteiger partial charge in [0, 0.05) is 12.6 Å². The van der Waals surface area contributed by atoms with Crippen LogP contribution >= 0.6 is 0 Å². The Labute approximate surface area is 113 Å². The summed E-state index contributed by atoms with van der Waals surface area (Å²) in [5, 5.41) is 10.3. The fraction of sp³-hybridized carbons (Fsp3) is 0.375. The largest absolute Gasteiger partial charge is 0.311 e. The second kappa shape index (κ2) is 4.24. The van der Waals surface area contributed by atoms with Crippen LogP contribution in [0.2, 0.25) is 0 Å². The van der Waals surface area contributed by atoms with Gasteiger partial charge in [0.2, 0.25) is 0 Å². The van der Waals surface area contributed by atoms with Crippen molar-refractivity contribution in [1.29, 1.82) is 5.26 Å². The van der Waals surface area contributed by atoms with Crippen molar-refractivity contribution < 1.29 is 0 Å². The first-order chi connectivity index (χ1) is 8.77. The molecule has 0 aliphatic heterocycles. The van der Waals surface area contributed by atoms with Crippen molar-refractivity contribution in [3.63, 3.8) is 0 Å². The van der Waals surface area contributed by atoms with Gasteiger partial charge in [0.15, 0.2) is 0 Å². The number of benzene rings is 1. The summed E-state index contributed by atoms with van der Waals surface area (Å²) >= 11 is 0. The van der Waals surface area contributed by atoms with Crippen LogP contribution in [0.25, 0.3) is 10.9 Å². The van der Waals surface area contributed by atoms with Crippen LogP contribution < -0.4 is 5.56 Å². The number of rotatable bonds is 1. The lowest BCUT2D eigenvalue weighted by Crippen LogP contribution is -2.30. The Bertz CT molecular complexity index is 761. The maximum atomic E-state index is 12.4. The van der Waals surface area contributed by atoms with Crippen molar-refractivity contribution in [3.05, 3.63) is 45.2 Å². The second-order valence-corrected chi connectivity index (χ2v) is 5.68. The third-order valence-electron chi connectivity index (χ3n) is 3.60. The van der Waals surface area contributed by atoms with Crippen molar-refractivity contribution in [3.8, 4) is 6.07 Å². The van der Waals surface area contributed by atoms with E-state index in [1.165, 1.54) is 0 Å². The molecule has 2 rings (SSSR count). The van der Waals surface area contributed by atoms with Crippen LogP contribution in [0.4, 0.5) is 0 Å². The molecule has 0 unspecified atom stereocenters. The van der Waals surface area contributed by atoms with E-state index in [0.29, 0.717) is 5.56 Å². The predicted octanol–water partition coefficient (Wildman–Crippen LogP) is 2.96.